The van der Waals surface area contributed by atoms with Crippen molar-refractivity contribution in [3.05, 3.63) is 11.8 Å². The molecule has 0 aromatic heterocycles. The number of Topliss-reactive ketones (excluding diaryl/α,β-unsaturated/α-hetero) is 1. The molecule has 72 valence electrons. The van der Waals surface area contributed by atoms with Crippen LogP contribution in [-0.2, 0) is 9.59 Å². The summed E-state index contributed by atoms with van der Waals surface area (Å²) in [6, 6.07) is 0. The second-order valence-corrected chi connectivity index (χ2v) is 3.77. The first-order valence-electron chi connectivity index (χ1n) is 4.47. The van der Waals surface area contributed by atoms with E-state index in [0.29, 0.717) is 0 Å². The molecule has 1 atom stereocenters. The minimum Gasteiger partial charge on any atom is -0.321 e. The minimum absolute atomic E-state index is 0.0295. The lowest BCUT2D eigenvalue weighted by molar-refractivity contribution is -0.138. The number of nitrogens with zero attached hydrogens (tertiary/aromatic N) is 1. The van der Waals surface area contributed by atoms with Gasteiger partial charge in [0.05, 0.1) is 5.92 Å². The molecule has 1 amide bonds. The van der Waals surface area contributed by atoms with Gasteiger partial charge < -0.3 is 4.90 Å². The normalized spacial score (nSPS) is 23.9. The van der Waals surface area contributed by atoms with Crippen molar-refractivity contribution >= 4 is 11.7 Å². The molecular weight excluding hydrogens is 166 g/mol. The zero-order valence-electron chi connectivity index (χ0n) is 8.50. The lowest BCUT2D eigenvalue weighted by atomic mass is 9.89. The second-order valence-electron chi connectivity index (χ2n) is 3.77. The van der Waals surface area contributed by atoms with Crippen LogP contribution in [0, 0.1) is 11.8 Å². The summed E-state index contributed by atoms with van der Waals surface area (Å²) in [5, 5.41) is 0. The number of ketones is 1. The molecule has 0 aromatic rings. The maximum Gasteiger partial charge on any atom is 0.236 e. The number of hydrogen-bond donors (Lipinski definition) is 0. The van der Waals surface area contributed by atoms with Crippen LogP contribution in [0.4, 0.5) is 0 Å². The maximum absolute atomic E-state index is 11.6. The zero-order chi connectivity index (χ0) is 10.2. The van der Waals surface area contributed by atoms with Crippen molar-refractivity contribution in [3.63, 3.8) is 0 Å². The van der Waals surface area contributed by atoms with Crippen molar-refractivity contribution < 1.29 is 9.59 Å². The van der Waals surface area contributed by atoms with Gasteiger partial charge >= 0.3 is 0 Å². The number of amides is 1. The summed E-state index contributed by atoms with van der Waals surface area (Å²) >= 11 is 0. The molecule has 0 saturated carbocycles. The molecule has 0 saturated heterocycles. The van der Waals surface area contributed by atoms with Crippen molar-refractivity contribution in [3.8, 4) is 0 Å². The lowest BCUT2D eigenvalue weighted by Crippen LogP contribution is -2.38. The quantitative estimate of drug-likeness (QED) is 0.570. The van der Waals surface area contributed by atoms with E-state index in [1.165, 1.54) is 4.90 Å². The third-order valence-electron chi connectivity index (χ3n) is 2.35. The van der Waals surface area contributed by atoms with Crippen LogP contribution in [0.1, 0.15) is 20.8 Å². The molecule has 0 N–H and O–H groups in total. The van der Waals surface area contributed by atoms with Gasteiger partial charge in [-0.15, -0.1) is 0 Å². The molecule has 0 bridgehead atoms. The summed E-state index contributed by atoms with van der Waals surface area (Å²) in [6.45, 7) is 5.58. The molecule has 0 aromatic carbocycles. The molecule has 3 nitrogen and oxygen atoms in total. The van der Waals surface area contributed by atoms with Gasteiger partial charge in [-0.2, -0.15) is 0 Å². The maximum atomic E-state index is 11.6. The third-order valence-corrected chi connectivity index (χ3v) is 2.35. The molecule has 1 aliphatic heterocycles. The first kappa shape index (κ1) is 9.96. The molecule has 1 rings (SSSR count). The molecule has 0 spiro atoms. The van der Waals surface area contributed by atoms with E-state index in [1.54, 1.807) is 20.2 Å². The Labute approximate surface area is 78.4 Å². The highest BCUT2D eigenvalue weighted by Gasteiger charge is 2.32. The molecule has 1 aliphatic rings. The van der Waals surface area contributed by atoms with E-state index in [2.05, 4.69) is 0 Å². The van der Waals surface area contributed by atoms with Crippen molar-refractivity contribution in [1.29, 1.82) is 0 Å². The number of hydrogen-bond acceptors (Lipinski definition) is 2. The van der Waals surface area contributed by atoms with E-state index >= 15 is 0 Å². The summed E-state index contributed by atoms with van der Waals surface area (Å²) in [6.07, 6.45) is 1.65. The van der Waals surface area contributed by atoms with E-state index in [-0.39, 0.29) is 17.6 Å². The smallest absolute Gasteiger partial charge is 0.236 e. The summed E-state index contributed by atoms with van der Waals surface area (Å²) < 4.78 is 0. The highest BCUT2D eigenvalue weighted by Crippen LogP contribution is 2.22. The van der Waals surface area contributed by atoms with Crippen LogP contribution in [0.3, 0.4) is 0 Å². The van der Waals surface area contributed by atoms with Gasteiger partial charge in [-0.1, -0.05) is 13.8 Å². The topological polar surface area (TPSA) is 37.4 Å². The number of allylic oxidation sites excluding steroid dienone is 1. The van der Waals surface area contributed by atoms with Gasteiger partial charge in [0, 0.05) is 18.8 Å². The van der Waals surface area contributed by atoms with Crippen LogP contribution in [0.2, 0.25) is 0 Å². The summed E-state index contributed by atoms with van der Waals surface area (Å²) in [7, 11) is 1.69. The van der Waals surface area contributed by atoms with E-state index in [0.717, 1.165) is 5.57 Å². The molecule has 1 heterocycles. The highest BCUT2D eigenvalue weighted by atomic mass is 16.2. The fourth-order valence-electron chi connectivity index (χ4n) is 1.44. The largest absolute Gasteiger partial charge is 0.321 e. The number of carbonyl (C=O) groups excluding carboxylic acids is 2. The van der Waals surface area contributed by atoms with Crippen LogP contribution in [0.5, 0.6) is 0 Å². The lowest BCUT2D eigenvalue weighted by Gasteiger charge is -2.26. The third kappa shape index (κ3) is 1.64. The van der Waals surface area contributed by atoms with Crippen LogP contribution in [-0.4, -0.2) is 23.6 Å². The summed E-state index contributed by atoms with van der Waals surface area (Å²) in [5.74, 6) is -0.467. The molecule has 13 heavy (non-hydrogen) atoms. The highest BCUT2D eigenvalue weighted by molar-refractivity contribution is 6.12. The zero-order valence-corrected chi connectivity index (χ0v) is 8.50. The van der Waals surface area contributed by atoms with Gasteiger partial charge in [-0.3, -0.25) is 9.59 Å². The van der Waals surface area contributed by atoms with Gasteiger partial charge in [0.25, 0.3) is 0 Å². The standard InChI is InChI=1S/C10H15NO2/c1-6(2)8-5-11(4)10(13)7(3)9(8)12/h5-7H,1-4H3. The van der Waals surface area contributed by atoms with Gasteiger partial charge in [-0.25, -0.2) is 0 Å². The Bertz CT molecular complexity index is 279. The fraction of sp³-hybridized carbons (Fsp3) is 0.600. The van der Waals surface area contributed by atoms with Crippen molar-refractivity contribution in [2.45, 2.75) is 20.8 Å². The van der Waals surface area contributed by atoms with Crippen molar-refractivity contribution in [2.75, 3.05) is 7.05 Å². The predicted molar refractivity (Wildman–Crippen MR) is 49.9 cm³/mol. The minimum atomic E-state index is -0.507. The monoisotopic (exact) mass is 181 g/mol. The van der Waals surface area contributed by atoms with Crippen LogP contribution in [0.15, 0.2) is 11.8 Å². The van der Waals surface area contributed by atoms with Gasteiger partial charge in [0.1, 0.15) is 0 Å². The Kier molecular flexibility index (Phi) is 2.55. The average Bonchev–Trinajstić information content (AvgIpc) is 2.07. The summed E-state index contributed by atoms with van der Waals surface area (Å²) in [4.78, 5) is 24.5. The van der Waals surface area contributed by atoms with Crippen LogP contribution in [0.25, 0.3) is 0 Å². The Morgan fingerprint density at radius 2 is 1.92 bits per heavy atom. The van der Waals surface area contributed by atoms with E-state index < -0.39 is 5.92 Å². The van der Waals surface area contributed by atoms with E-state index in [1.807, 2.05) is 13.8 Å². The van der Waals surface area contributed by atoms with E-state index in [4.69, 9.17) is 0 Å². The van der Waals surface area contributed by atoms with Crippen LogP contribution < -0.4 is 0 Å². The Morgan fingerprint density at radius 1 is 1.38 bits per heavy atom. The Balaban J connectivity index is 3.05. The second kappa shape index (κ2) is 3.32. The first-order chi connectivity index (χ1) is 5.95. The van der Waals surface area contributed by atoms with E-state index in [9.17, 15) is 9.59 Å². The van der Waals surface area contributed by atoms with Gasteiger partial charge in [-0.05, 0) is 12.8 Å². The number of rotatable bonds is 1. The first-order valence-corrected chi connectivity index (χ1v) is 4.47. The SMILES string of the molecule is CC(C)C1=CN(C)C(=O)C(C)C1=O. The Hall–Kier alpha value is -1.12. The molecule has 0 aliphatic carbocycles. The summed E-state index contributed by atoms with van der Waals surface area (Å²) in [5.41, 5.74) is 0.745. The van der Waals surface area contributed by atoms with Gasteiger partial charge in [0.2, 0.25) is 5.91 Å². The molecular formula is C10H15NO2. The van der Waals surface area contributed by atoms with Gasteiger partial charge in [0.15, 0.2) is 5.78 Å². The Morgan fingerprint density at radius 3 is 2.38 bits per heavy atom. The molecule has 1 unspecified atom stereocenters. The van der Waals surface area contributed by atoms with Crippen molar-refractivity contribution in [1.82, 2.24) is 4.90 Å². The van der Waals surface area contributed by atoms with Crippen molar-refractivity contribution in [2.24, 2.45) is 11.8 Å². The molecule has 3 heteroatoms. The molecule has 0 fully saturated rings. The average molecular weight is 181 g/mol. The fourth-order valence-corrected chi connectivity index (χ4v) is 1.44. The van der Waals surface area contributed by atoms with Crippen LogP contribution >= 0.6 is 0 Å². The number of carbonyl (C=O) groups is 2. The predicted octanol–water partition coefficient (Wildman–Crippen LogP) is 1.20. The molecule has 0 radical (unpaired) electrons.